The first kappa shape index (κ1) is 14.8. The minimum atomic E-state index is -0.291. The van der Waals surface area contributed by atoms with Gasteiger partial charge in [0.25, 0.3) is 5.91 Å². The van der Waals surface area contributed by atoms with Crippen LogP contribution >= 0.6 is 0 Å². The number of aryl methyl sites for hydroxylation is 3. The number of hydrazone groups is 1. The molecule has 0 unspecified atom stereocenters. The quantitative estimate of drug-likeness (QED) is 0.676. The number of benzene rings is 1. The number of hydrogen-bond acceptors (Lipinski definition) is 3. The molecule has 0 fully saturated rings. The van der Waals surface area contributed by atoms with Crippen molar-refractivity contribution in [2.45, 2.75) is 13.8 Å². The van der Waals surface area contributed by atoms with Crippen LogP contribution in [0.25, 0.3) is 0 Å². The van der Waals surface area contributed by atoms with Crippen LogP contribution < -0.4 is 10.2 Å². The summed E-state index contributed by atoms with van der Waals surface area (Å²) < 4.78 is 7.38. The highest BCUT2D eigenvalue weighted by Gasteiger charge is 2.04. The van der Waals surface area contributed by atoms with Gasteiger partial charge in [-0.15, -0.1) is 0 Å². The molecule has 0 saturated carbocycles. The van der Waals surface area contributed by atoms with Crippen LogP contribution in [0.1, 0.15) is 16.8 Å². The van der Waals surface area contributed by atoms with Gasteiger partial charge in [-0.3, -0.25) is 4.79 Å². The lowest BCUT2D eigenvalue weighted by Gasteiger charge is -2.08. The van der Waals surface area contributed by atoms with Crippen molar-refractivity contribution in [2.75, 3.05) is 6.61 Å². The number of rotatable bonds is 5. The van der Waals surface area contributed by atoms with E-state index < -0.39 is 0 Å². The maximum Gasteiger partial charge on any atom is 0.277 e. The Balaban J connectivity index is 1.82. The van der Waals surface area contributed by atoms with Gasteiger partial charge in [-0.25, -0.2) is 5.43 Å². The van der Waals surface area contributed by atoms with Crippen LogP contribution in [0.15, 0.2) is 41.6 Å². The van der Waals surface area contributed by atoms with E-state index in [0.717, 1.165) is 16.8 Å². The summed E-state index contributed by atoms with van der Waals surface area (Å²) in [6.07, 6.45) is 3.50. The van der Waals surface area contributed by atoms with E-state index in [0.29, 0.717) is 5.75 Å². The molecule has 110 valence electrons. The van der Waals surface area contributed by atoms with E-state index in [1.807, 2.05) is 62.0 Å². The molecule has 5 nitrogen and oxygen atoms in total. The molecule has 0 aliphatic rings. The maximum absolute atomic E-state index is 11.7. The van der Waals surface area contributed by atoms with E-state index in [1.54, 1.807) is 6.21 Å². The number of carbonyl (C=O) groups is 1. The molecule has 1 heterocycles. The van der Waals surface area contributed by atoms with Crippen LogP contribution in [-0.4, -0.2) is 23.3 Å². The van der Waals surface area contributed by atoms with Crippen LogP contribution in [0.3, 0.4) is 0 Å². The van der Waals surface area contributed by atoms with E-state index in [2.05, 4.69) is 10.5 Å². The fourth-order valence-electron chi connectivity index (χ4n) is 1.92. The smallest absolute Gasteiger partial charge is 0.277 e. The summed E-state index contributed by atoms with van der Waals surface area (Å²) in [4.78, 5) is 11.7. The molecule has 2 aromatic rings. The Hall–Kier alpha value is -2.56. The molecule has 0 bridgehead atoms. The van der Waals surface area contributed by atoms with Crippen LogP contribution in [0, 0.1) is 13.8 Å². The van der Waals surface area contributed by atoms with Crippen molar-refractivity contribution in [1.29, 1.82) is 0 Å². The number of aromatic nitrogens is 1. The Labute approximate surface area is 124 Å². The van der Waals surface area contributed by atoms with Gasteiger partial charge in [-0.05, 0) is 37.6 Å². The predicted octanol–water partition coefficient (Wildman–Crippen LogP) is 2.17. The zero-order valence-electron chi connectivity index (χ0n) is 12.5. The van der Waals surface area contributed by atoms with Gasteiger partial charge in [0, 0.05) is 13.2 Å². The molecule has 0 aliphatic carbocycles. The van der Waals surface area contributed by atoms with Crippen molar-refractivity contribution in [2.24, 2.45) is 12.1 Å². The molecule has 0 radical (unpaired) electrons. The van der Waals surface area contributed by atoms with Crippen LogP contribution in [0.2, 0.25) is 0 Å². The Kier molecular flexibility index (Phi) is 4.77. The molecule has 0 atom stereocenters. The van der Waals surface area contributed by atoms with E-state index in [-0.39, 0.29) is 12.5 Å². The van der Waals surface area contributed by atoms with Crippen molar-refractivity contribution in [3.05, 3.63) is 53.3 Å². The van der Waals surface area contributed by atoms with Gasteiger partial charge >= 0.3 is 0 Å². The van der Waals surface area contributed by atoms with E-state index in [1.165, 1.54) is 0 Å². The topological polar surface area (TPSA) is 55.6 Å². The summed E-state index contributed by atoms with van der Waals surface area (Å²) >= 11 is 0. The first-order valence-electron chi connectivity index (χ1n) is 6.69. The van der Waals surface area contributed by atoms with E-state index in [9.17, 15) is 4.79 Å². The zero-order chi connectivity index (χ0) is 15.2. The van der Waals surface area contributed by atoms with Gasteiger partial charge in [0.1, 0.15) is 5.75 Å². The van der Waals surface area contributed by atoms with Crippen molar-refractivity contribution >= 4 is 12.1 Å². The Morgan fingerprint density at radius 1 is 1.38 bits per heavy atom. The third-order valence-electron chi connectivity index (χ3n) is 3.06. The first-order chi connectivity index (χ1) is 10.1. The van der Waals surface area contributed by atoms with Gasteiger partial charge in [0.2, 0.25) is 0 Å². The lowest BCUT2D eigenvalue weighted by Crippen LogP contribution is -2.24. The standard InChI is InChI=1S/C16H19N3O2/c1-12-6-7-15(13(2)9-12)21-11-16(20)18-17-10-14-5-4-8-19(14)3/h4-10H,11H2,1-3H3,(H,18,20). The number of ether oxygens (including phenoxy) is 1. The number of hydrogen-bond donors (Lipinski definition) is 1. The molecular weight excluding hydrogens is 266 g/mol. The molecule has 2 rings (SSSR count). The highest BCUT2D eigenvalue weighted by atomic mass is 16.5. The second kappa shape index (κ2) is 6.74. The lowest BCUT2D eigenvalue weighted by molar-refractivity contribution is -0.123. The molecular formula is C16H19N3O2. The van der Waals surface area contributed by atoms with Gasteiger partial charge in [-0.2, -0.15) is 5.10 Å². The second-order valence-corrected chi connectivity index (χ2v) is 4.89. The minimum Gasteiger partial charge on any atom is -0.483 e. The summed E-state index contributed by atoms with van der Waals surface area (Å²) in [6.45, 7) is 3.91. The summed E-state index contributed by atoms with van der Waals surface area (Å²) in [5.41, 5.74) is 5.52. The number of nitrogens with one attached hydrogen (secondary N) is 1. The van der Waals surface area contributed by atoms with Gasteiger partial charge < -0.3 is 9.30 Å². The van der Waals surface area contributed by atoms with Crippen LogP contribution in [-0.2, 0) is 11.8 Å². The summed E-state index contributed by atoms with van der Waals surface area (Å²) in [5.74, 6) is 0.419. The average molecular weight is 285 g/mol. The lowest BCUT2D eigenvalue weighted by atomic mass is 10.1. The summed E-state index contributed by atoms with van der Waals surface area (Å²) in [6, 6.07) is 9.65. The molecule has 0 spiro atoms. The third-order valence-corrected chi connectivity index (χ3v) is 3.06. The van der Waals surface area contributed by atoms with Crippen molar-refractivity contribution in [3.63, 3.8) is 0 Å². The van der Waals surface area contributed by atoms with Crippen molar-refractivity contribution in [3.8, 4) is 5.75 Å². The highest BCUT2D eigenvalue weighted by molar-refractivity contribution is 5.81. The van der Waals surface area contributed by atoms with Gasteiger partial charge in [0.15, 0.2) is 6.61 Å². The van der Waals surface area contributed by atoms with Crippen molar-refractivity contribution < 1.29 is 9.53 Å². The number of nitrogens with zero attached hydrogens (tertiary/aromatic N) is 2. The second-order valence-electron chi connectivity index (χ2n) is 4.89. The van der Waals surface area contributed by atoms with E-state index >= 15 is 0 Å². The fraction of sp³-hybridized carbons (Fsp3) is 0.250. The summed E-state index contributed by atoms with van der Waals surface area (Å²) in [7, 11) is 1.91. The molecule has 1 aromatic heterocycles. The number of amides is 1. The molecule has 0 saturated heterocycles. The SMILES string of the molecule is Cc1ccc(OCC(=O)NN=Cc2cccn2C)c(C)c1. The van der Waals surface area contributed by atoms with E-state index in [4.69, 9.17) is 4.74 Å². The van der Waals surface area contributed by atoms with Gasteiger partial charge in [-0.1, -0.05) is 17.7 Å². The Morgan fingerprint density at radius 3 is 2.86 bits per heavy atom. The van der Waals surface area contributed by atoms with Crippen LogP contribution in [0.5, 0.6) is 5.75 Å². The number of carbonyl (C=O) groups excluding carboxylic acids is 1. The van der Waals surface area contributed by atoms with Gasteiger partial charge in [0.05, 0.1) is 11.9 Å². The fourth-order valence-corrected chi connectivity index (χ4v) is 1.92. The Bertz CT molecular complexity index is 659. The maximum atomic E-state index is 11.7. The largest absolute Gasteiger partial charge is 0.483 e. The average Bonchev–Trinajstić information content (AvgIpc) is 2.83. The molecule has 1 amide bonds. The molecule has 1 N–H and O–H groups in total. The third kappa shape index (κ3) is 4.21. The molecule has 1 aromatic carbocycles. The molecule has 21 heavy (non-hydrogen) atoms. The minimum absolute atomic E-state index is 0.0611. The Morgan fingerprint density at radius 2 is 2.19 bits per heavy atom. The predicted molar refractivity (Wildman–Crippen MR) is 82.6 cm³/mol. The normalized spacial score (nSPS) is 10.8. The molecule has 0 aliphatic heterocycles. The monoisotopic (exact) mass is 285 g/mol. The first-order valence-corrected chi connectivity index (χ1v) is 6.69. The summed E-state index contributed by atoms with van der Waals surface area (Å²) in [5, 5.41) is 3.90. The molecule has 5 heteroatoms. The zero-order valence-corrected chi connectivity index (χ0v) is 12.5. The van der Waals surface area contributed by atoms with Crippen molar-refractivity contribution in [1.82, 2.24) is 9.99 Å². The highest BCUT2D eigenvalue weighted by Crippen LogP contribution is 2.18. The van der Waals surface area contributed by atoms with Crippen LogP contribution in [0.4, 0.5) is 0 Å².